The number of para-hydroxylation sites is 1. The van der Waals surface area contributed by atoms with E-state index in [1.807, 2.05) is 0 Å². The number of amidine groups is 1. The Labute approximate surface area is 115 Å². The van der Waals surface area contributed by atoms with Crippen molar-refractivity contribution < 1.29 is 9.47 Å². The molecule has 0 bridgehead atoms. The van der Waals surface area contributed by atoms with Gasteiger partial charge < -0.3 is 20.2 Å². The Morgan fingerprint density at radius 2 is 1.70 bits per heavy atom. The quantitative estimate of drug-likeness (QED) is 0.651. The molecule has 0 aliphatic rings. The van der Waals surface area contributed by atoms with Crippen molar-refractivity contribution in [3.8, 4) is 11.5 Å². The number of methoxy groups -OCH3 is 2. The van der Waals surface area contributed by atoms with Gasteiger partial charge in [0.25, 0.3) is 0 Å². The molecule has 2 rings (SSSR count). The average molecular weight is 273 g/mol. The van der Waals surface area contributed by atoms with Crippen molar-refractivity contribution in [2.75, 3.05) is 14.2 Å². The zero-order valence-corrected chi connectivity index (χ0v) is 11.2. The Balaban J connectivity index is 2.51. The first kappa shape index (κ1) is 13.7. The molecule has 0 radical (unpaired) electrons. The van der Waals surface area contributed by atoms with E-state index in [0.717, 1.165) is 0 Å². The molecule has 0 unspecified atom stereocenters. The summed E-state index contributed by atoms with van der Waals surface area (Å²) < 4.78 is 10.5. The zero-order chi connectivity index (χ0) is 14.5. The van der Waals surface area contributed by atoms with Crippen molar-refractivity contribution >= 4 is 11.5 Å². The van der Waals surface area contributed by atoms with Crippen LogP contribution in [0.3, 0.4) is 0 Å². The maximum Gasteiger partial charge on any atom is 0.248 e. The van der Waals surface area contributed by atoms with Crippen molar-refractivity contribution in [2.45, 2.75) is 0 Å². The van der Waals surface area contributed by atoms with Crippen LogP contribution in [0.2, 0.25) is 0 Å². The highest BCUT2D eigenvalue weighted by Crippen LogP contribution is 2.36. The Hall–Kier alpha value is -2.76. The molecule has 6 heteroatoms. The van der Waals surface area contributed by atoms with Gasteiger partial charge in [0.1, 0.15) is 23.0 Å². The van der Waals surface area contributed by atoms with Crippen molar-refractivity contribution in [2.24, 2.45) is 10.7 Å². The Morgan fingerprint density at radius 3 is 2.25 bits per heavy atom. The van der Waals surface area contributed by atoms with E-state index in [1.165, 1.54) is 20.3 Å². The van der Waals surface area contributed by atoms with Crippen LogP contribution < -0.4 is 20.8 Å². The Morgan fingerprint density at radius 1 is 1.10 bits per heavy atom. The first-order chi connectivity index (χ1) is 9.65. The molecule has 6 nitrogen and oxygen atoms in total. The second-order valence-electron chi connectivity index (χ2n) is 3.94. The summed E-state index contributed by atoms with van der Waals surface area (Å²) >= 11 is 0. The molecular weight excluding hydrogens is 258 g/mol. The molecule has 0 aliphatic carbocycles. The number of hydrogen-bond donors (Lipinski definition) is 2. The van der Waals surface area contributed by atoms with Crippen molar-refractivity contribution in [3.63, 3.8) is 0 Å². The van der Waals surface area contributed by atoms with Crippen LogP contribution in [0.5, 0.6) is 11.5 Å². The van der Waals surface area contributed by atoms with E-state index in [-0.39, 0.29) is 11.4 Å². The fourth-order valence-corrected chi connectivity index (χ4v) is 1.72. The molecule has 0 fully saturated rings. The number of rotatable bonds is 4. The Bertz CT molecular complexity index is 670. The van der Waals surface area contributed by atoms with Gasteiger partial charge in [-0.25, -0.2) is 4.99 Å². The van der Waals surface area contributed by atoms with Gasteiger partial charge in [-0.1, -0.05) is 12.1 Å². The minimum absolute atomic E-state index is 0.172. The zero-order valence-electron chi connectivity index (χ0n) is 11.2. The third-order valence-electron chi connectivity index (χ3n) is 2.68. The summed E-state index contributed by atoms with van der Waals surface area (Å²) in [5, 5.41) is 0. The second kappa shape index (κ2) is 5.92. The molecule has 0 saturated heterocycles. The van der Waals surface area contributed by atoms with Crippen LogP contribution in [0.1, 0.15) is 5.69 Å². The summed E-state index contributed by atoms with van der Waals surface area (Å²) in [6, 6.07) is 9.97. The van der Waals surface area contributed by atoms with Crippen LogP contribution in [0, 0.1) is 0 Å². The molecule has 3 N–H and O–H groups in total. The topological polar surface area (TPSA) is 89.7 Å². The number of hydrogen-bond acceptors (Lipinski definition) is 4. The van der Waals surface area contributed by atoms with Gasteiger partial charge >= 0.3 is 0 Å². The van der Waals surface area contributed by atoms with E-state index in [9.17, 15) is 4.79 Å². The number of aromatic amines is 1. The molecule has 20 heavy (non-hydrogen) atoms. The maximum atomic E-state index is 11.3. The summed E-state index contributed by atoms with van der Waals surface area (Å²) in [5.41, 5.74) is 6.58. The van der Waals surface area contributed by atoms with Gasteiger partial charge in [0.2, 0.25) is 5.56 Å². The molecule has 1 aromatic heterocycles. The van der Waals surface area contributed by atoms with Crippen molar-refractivity contribution in [3.05, 3.63) is 52.4 Å². The lowest BCUT2D eigenvalue weighted by Gasteiger charge is -2.10. The number of pyridine rings is 1. The highest BCUT2D eigenvalue weighted by Gasteiger charge is 2.10. The van der Waals surface area contributed by atoms with Crippen LogP contribution in [-0.2, 0) is 0 Å². The highest BCUT2D eigenvalue weighted by molar-refractivity contribution is 5.98. The normalized spacial score (nSPS) is 11.2. The molecule has 0 saturated carbocycles. The number of H-pyrrole nitrogens is 1. The summed E-state index contributed by atoms with van der Waals surface area (Å²) in [6.07, 6.45) is 0. The standard InChI is InChI=1S/C14H15N3O3/c1-19-10-6-4-7-11(20-2)13(10)17-14(15)9-5-3-8-12(18)16-9/h3-8H,1-2H3,(H2,15,17)(H,16,18). The minimum Gasteiger partial charge on any atom is -0.494 e. The van der Waals surface area contributed by atoms with Crippen LogP contribution in [0.25, 0.3) is 0 Å². The van der Waals surface area contributed by atoms with E-state index in [4.69, 9.17) is 15.2 Å². The van der Waals surface area contributed by atoms with Gasteiger partial charge in [-0.05, 0) is 18.2 Å². The first-order valence-corrected chi connectivity index (χ1v) is 5.90. The van der Waals surface area contributed by atoms with Crippen LogP contribution in [0.15, 0.2) is 46.2 Å². The van der Waals surface area contributed by atoms with Gasteiger partial charge in [0.05, 0.1) is 19.9 Å². The average Bonchev–Trinajstić information content (AvgIpc) is 2.47. The summed E-state index contributed by atoms with van der Waals surface area (Å²) in [6.45, 7) is 0. The molecule has 2 aromatic rings. The summed E-state index contributed by atoms with van der Waals surface area (Å²) in [7, 11) is 3.07. The maximum absolute atomic E-state index is 11.3. The van der Waals surface area contributed by atoms with E-state index in [1.54, 1.807) is 30.3 Å². The van der Waals surface area contributed by atoms with Gasteiger partial charge in [-0.2, -0.15) is 0 Å². The lowest BCUT2D eigenvalue weighted by atomic mass is 10.2. The molecule has 1 aromatic carbocycles. The summed E-state index contributed by atoms with van der Waals surface area (Å²) in [5.74, 6) is 1.24. The molecular formula is C14H15N3O3. The molecule has 104 valence electrons. The second-order valence-corrected chi connectivity index (χ2v) is 3.94. The van der Waals surface area contributed by atoms with Gasteiger partial charge in [-0.15, -0.1) is 0 Å². The van der Waals surface area contributed by atoms with Gasteiger partial charge in [0.15, 0.2) is 0 Å². The largest absolute Gasteiger partial charge is 0.494 e. The minimum atomic E-state index is -0.243. The number of aromatic nitrogens is 1. The molecule has 0 atom stereocenters. The number of nitrogens with one attached hydrogen (secondary N) is 1. The van der Waals surface area contributed by atoms with Crippen LogP contribution in [0.4, 0.5) is 5.69 Å². The predicted octanol–water partition coefficient (Wildman–Crippen LogP) is 1.43. The number of ether oxygens (including phenoxy) is 2. The molecule has 0 aliphatic heterocycles. The Kier molecular flexibility index (Phi) is 4.05. The van der Waals surface area contributed by atoms with Crippen LogP contribution >= 0.6 is 0 Å². The van der Waals surface area contributed by atoms with E-state index in [0.29, 0.717) is 22.9 Å². The number of nitrogens with zero attached hydrogens (tertiary/aromatic N) is 1. The SMILES string of the molecule is COc1cccc(OC)c1N=C(N)c1cccc(=O)[nH]1. The van der Waals surface area contributed by atoms with Crippen LogP contribution in [-0.4, -0.2) is 25.0 Å². The van der Waals surface area contributed by atoms with Crippen molar-refractivity contribution in [1.29, 1.82) is 0 Å². The smallest absolute Gasteiger partial charge is 0.248 e. The van der Waals surface area contributed by atoms with Gasteiger partial charge in [0, 0.05) is 6.07 Å². The fraction of sp³-hybridized carbons (Fsp3) is 0.143. The number of nitrogens with two attached hydrogens (primary N) is 1. The first-order valence-electron chi connectivity index (χ1n) is 5.90. The van der Waals surface area contributed by atoms with E-state index < -0.39 is 0 Å². The highest BCUT2D eigenvalue weighted by atomic mass is 16.5. The monoisotopic (exact) mass is 273 g/mol. The lowest BCUT2D eigenvalue weighted by molar-refractivity contribution is 0.397. The number of benzene rings is 1. The van der Waals surface area contributed by atoms with E-state index >= 15 is 0 Å². The number of aliphatic imine (C=N–C) groups is 1. The molecule has 0 spiro atoms. The predicted molar refractivity (Wildman–Crippen MR) is 77.0 cm³/mol. The third kappa shape index (κ3) is 2.80. The summed E-state index contributed by atoms with van der Waals surface area (Å²) in [4.78, 5) is 18.2. The van der Waals surface area contributed by atoms with Gasteiger partial charge in [-0.3, -0.25) is 4.79 Å². The fourth-order valence-electron chi connectivity index (χ4n) is 1.72. The van der Waals surface area contributed by atoms with E-state index in [2.05, 4.69) is 9.98 Å². The molecule has 1 heterocycles. The lowest BCUT2D eigenvalue weighted by Crippen LogP contribution is -2.19. The third-order valence-corrected chi connectivity index (χ3v) is 2.68. The molecule has 0 amide bonds. The van der Waals surface area contributed by atoms with Crippen molar-refractivity contribution in [1.82, 2.24) is 4.98 Å².